The highest BCUT2D eigenvalue weighted by molar-refractivity contribution is 7.17. The quantitative estimate of drug-likeness (QED) is 0.881. The number of benzene rings is 1. The molecule has 0 amide bonds. The molecule has 2 nitrogen and oxygen atoms in total. The van der Waals surface area contributed by atoms with Crippen LogP contribution in [0.15, 0.2) is 29.6 Å². The van der Waals surface area contributed by atoms with Crippen LogP contribution in [-0.4, -0.2) is 19.3 Å². The second-order valence-corrected chi connectivity index (χ2v) is 5.86. The Balaban J connectivity index is 2.47. The maximum absolute atomic E-state index is 5.90. The van der Waals surface area contributed by atoms with Crippen LogP contribution in [0, 0.1) is 0 Å². The van der Waals surface area contributed by atoms with Crippen molar-refractivity contribution >= 4 is 21.4 Å². The zero-order valence-electron chi connectivity index (χ0n) is 11.5. The van der Waals surface area contributed by atoms with Gasteiger partial charge in [-0.3, -0.25) is 0 Å². The topological polar surface area (TPSA) is 21.3 Å². The molecular weight excluding hydrogens is 242 g/mol. The van der Waals surface area contributed by atoms with E-state index in [9.17, 15) is 0 Å². The molecule has 0 fully saturated rings. The van der Waals surface area contributed by atoms with Gasteiger partial charge >= 0.3 is 0 Å². The van der Waals surface area contributed by atoms with E-state index in [0.717, 1.165) is 6.61 Å². The Morgan fingerprint density at radius 3 is 2.78 bits per heavy atom. The highest BCUT2D eigenvalue weighted by Gasteiger charge is 2.31. The first-order valence-electron chi connectivity index (χ1n) is 6.37. The summed E-state index contributed by atoms with van der Waals surface area (Å²) < 4.78 is 7.26. The van der Waals surface area contributed by atoms with Gasteiger partial charge in [0.1, 0.15) is 0 Å². The van der Waals surface area contributed by atoms with Gasteiger partial charge in [0.15, 0.2) is 0 Å². The Labute approximate surface area is 113 Å². The molecule has 2 aromatic rings. The Morgan fingerprint density at radius 1 is 1.33 bits per heavy atom. The Morgan fingerprint density at radius 2 is 2.11 bits per heavy atom. The molecule has 0 spiro atoms. The first kappa shape index (κ1) is 13.5. The summed E-state index contributed by atoms with van der Waals surface area (Å²) in [6.07, 6.45) is 0. The van der Waals surface area contributed by atoms with Crippen molar-refractivity contribution in [2.24, 2.45) is 0 Å². The van der Waals surface area contributed by atoms with Crippen LogP contribution in [0.4, 0.5) is 0 Å². The first-order valence-corrected chi connectivity index (χ1v) is 7.25. The maximum Gasteiger partial charge on any atom is 0.0820 e. The standard InChI is InChI=1S/C15H21NOS/c1-5-17-15(2,3)14(16-4)12-8-6-7-11-9-10-18-13(11)12/h6-10,14,16H,5H2,1-4H3. The molecule has 18 heavy (non-hydrogen) atoms. The van der Waals surface area contributed by atoms with Crippen LogP contribution >= 0.6 is 11.3 Å². The van der Waals surface area contributed by atoms with Crippen LogP contribution in [0.25, 0.3) is 10.1 Å². The van der Waals surface area contributed by atoms with Crippen molar-refractivity contribution in [2.75, 3.05) is 13.7 Å². The van der Waals surface area contributed by atoms with Gasteiger partial charge in [-0.1, -0.05) is 18.2 Å². The van der Waals surface area contributed by atoms with E-state index in [-0.39, 0.29) is 11.6 Å². The fourth-order valence-corrected chi connectivity index (χ4v) is 3.52. The summed E-state index contributed by atoms with van der Waals surface area (Å²) >= 11 is 1.80. The molecule has 1 N–H and O–H groups in total. The van der Waals surface area contributed by atoms with Crippen LogP contribution in [0.2, 0.25) is 0 Å². The molecular formula is C15H21NOS. The average molecular weight is 263 g/mol. The number of rotatable bonds is 5. The van der Waals surface area contributed by atoms with Gasteiger partial charge in [0, 0.05) is 11.3 Å². The van der Waals surface area contributed by atoms with Crippen LogP contribution in [0.5, 0.6) is 0 Å². The highest BCUT2D eigenvalue weighted by Crippen LogP contribution is 2.35. The fraction of sp³-hybridized carbons (Fsp3) is 0.467. The van der Waals surface area contributed by atoms with Gasteiger partial charge in [0.25, 0.3) is 0 Å². The van der Waals surface area contributed by atoms with Gasteiger partial charge in [-0.15, -0.1) is 11.3 Å². The van der Waals surface area contributed by atoms with Crippen molar-refractivity contribution in [1.29, 1.82) is 0 Å². The van der Waals surface area contributed by atoms with Crippen molar-refractivity contribution < 1.29 is 4.74 Å². The molecule has 1 atom stereocenters. The molecule has 0 aliphatic carbocycles. The first-order chi connectivity index (χ1) is 8.60. The number of thiophene rings is 1. The average Bonchev–Trinajstić information content (AvgIpc) is 2.78. The molecule has 0 radical (unpaired) electrons. The summed E-state index contributed by atoms with van der Waals surface area (Å²) in [5.74, 6) is 0. The summed E-state index contributed by atoms with van der Waals surface area (Å²) in [7, 11) is 2.00. The van der Waals surface area contributed by atoms with E-state index >= 15 is 0 Å². The Bertz CT molecular complexity index is 518. The third kappa shape index (κ3) is 2.44. The highest BCUT2D eigenvalue weighted by atomic mass is 32.1. The lowest BCUT2D eigenvalue weighted by atomic mass is 9.91. The molecule has 0 bridgehead atoms. The molecule has 98 valence electrons. The zero-order valence-corrected chi connectivity index (χ0v) is 12.3. The second-order valence-electron chi connectivity index (χ2n) is 4.94. The summed E-state index contributed by atoms with van der Waals surface area (Å²) in [5.41, 5.74) is 1.10. The predicted molar refractivity (Wildman–Crippen MR) is 79.3 cm³/mol. The minimum atomic E-state index is -0.220. The van der Waals surface area contributed by atoms with Crippen LogP contribution < -0.4 is 5.32 Å². The number of hydrogen-bond donors (Lipinski definition) is 1. The molecule has 0 aliphatic heterocycles. The molecule has 1 aromatic carbocycles. The number of hydrogen-bond acceptors (Lipinski definition) is 3. The summed E-state index contributed by atoms with van der Waals surface area (Å²) in [6.45, 7) is 7.06. The molecule has 0 aliphatic rings. The molecule has 1 unspecified atom stereocenters. The van der Waals surface area contributed by atoms with Crippen molar-refractivity contribution in [3.63, 3.8) is 0 Å². The van der Waals surface area contributed by atoms with Crippen molar-refractivity contribution in [2.45, 2.75) is 32.4 Å². The lowest BCUT2D eigenvalue weighted by Gasteiger charge is -2.34. The van der Waals surface area contributed by atoms with Crippen molar-refractivity contribution in [1.82, 2.24) is 5.32 Å². The summed E-state index contributed by atoms with van der Waals surface area (Å²) in [6, 6.07) is 8.84. The molecule has 2 rings (SSSR count). The monoisotopic (exact) mass is 263 g/mol. The minimum absolute atomic E-state index is 0.194. The fourth-order valence-electron chi connectivity index (χ4n) is 2.58. The Hall–Kier alpha value is -0.900. The van der Waals surface area contributed by atoms with E-state index < -0.39 is 0 Å². The van der Waals surface area contributed by atoms with Crippen LogP contribution in [-0.2, 0) is 4.74 Å². The van der Waals surface area contributed by atoms with Gasteiger partial charge in [0.2, 0.25) is 0 Å². The van der Waals surface area contributed by atoms with Crippen molar-refractivity contribution in [3.05, 3.63) is 35.2 Å². The van der Waals surface area contributed by atoms with Gasteiger partial charge < -0.3 is 10.1 Å². The molecule has 0 saturated carbocycles. The van der Waals surface area contributed by atoms with Crippen molar-refractivity contribution in [3.8, 4) is 0 Å². The van der Waals surface area contributed by atoms with E-state index in [2.05, 4.69) is 48.8 Å². The number of ether oxygens (including phenoxy) is 1. The smallest absolute Gasteiger partial charge is 0.0820 e. The second kappa shape index (κ2) is 5.39. The van der Waals surface area contributed by atoms with E-state index in [1.807, 2.05) is 14.0 Å². The SMILES string of the molecule is CCOC(C)(C)C(NC)c1cccc2ccsc12. The van der Waals surface area contributed by atoms with Gasteiger partial charge in [-0.2, -0.15) is 0 Å². The normalized spacial score (nSPS) is 14.0. The van der Waals surface area contributed by atoms with Crippen LogP contribution in [0.1, 0.15) is 32.4 Å². The molecule has 3 heteroatoms. The third-order valence-electron chi connectivity index (χ3n) is 3.32. The molecule has 0 saturated heterocycles. The van der Waals surface area contributed by atoms with E-state index in [1.54, 1.807) is 11.3 Å². The van der Waals surface area contributed by atoms with Gasteiger partial charge in [-0.25, -0.2) is 0 Å². The van der Waals surface area contributed by atoms with Crippen LogP contribution in [0.3, 0.4) is 0 Å². The number of nitrogens with one attached hydrogen (secondary N) is 1. The minimum Gasteiger partial charge on any atom is -0.374 e. The van der Waals surface area contributed by atoms with E-state index in [4.69, 9.17) is 4.74 Å². The summed E-state index contributed by atoms with van der Waals surface area (Å²) in [5, 5.41) is 6.86. The summed E-state index contributed by atoms with van der Waals surface area (Å²) in [4.78, 5) is 0. The molecule has 1 aromatic heterocycles. The lowest BCUT2D eigenvalue weighted by molar-refractivity contribution is -0.0371. The maximum atomic E-state index is 5.90. The van der Waals surface area contributed by atoms with E-state index in [0.29, 0.717) is 0 Å². The van der Waals surface area contributed by atoms with Gasteiger partial charge in [0.05, 0.1) is 11.6 Å². The van der Waals surface area contributed by atoms with Gasteiger partial charge in [-0.05, 0) is 50.2 Å². The zero-order chi connectivity index (χ0) is 13.2. The number of likely N-dealkylation sites (N-methyl/N-ethyl adjacent to an activating group) is 1. The largest absolute Gasteiger partial charge is 0.374 e. The predicted octanol–water partition coefficient (Wildman–Crippen LogP) is 3.98. The Kier molecular flexibility index (Phi) is 4.05. The third-order valence-corrected chi connectivity index (χ3v) is 4.30. The lowest BCUT2D eigenvalue weighted by Crippen LogP contribution is -2.40. The van der Waals surface area contributed by atoms with E-state index in [1.165, 1.54) is 15.6 Å². The number of fused-ring (bicyclic) bond motifs is 1. The molecule has 1 heterocycles.